The van der Waals surface area contributed by atoms with Gasteiger partial charge in [0, 0.05) is 24.1 Å². The van der Waals surface area contributed by atoms with E-state index in [9.17, 15) is 17.6 Å². The van der Waals surface area contributed by atoms with Crippen molar-refractivity contribution in [1.29, 1.82) is 0 Å². The fraction of sp³-hybridized carbons (Fsp3) is 0.316. The molecular formula is C19H17F4N7O. The second-order valence-corrected chi connectivity index (χ2v) is 6.90. The van der Waals surface area contributed by atoms with Crippen molar-refractivity contribution in [3.63, 3.8) is 0 Å². The zero-order chi connectivity index (χ0) is 22.2. The molecular weight excluding hydrogens is 418 g/mol. The molecule has 0 aliphatic heterocycles. The lowest BCUT2D eigenvalue weighted by atomic mass is 10.2. The van der Waals surface area contributed by atoms with E-state index >= 15 is 0 Å². The third kappa shape index (κ3) is 4.18. The first-order valence-corrected chi connectivity index (χ1v) is 9.36. The molecule has 1 aromatic carbocycles. The summed E-state index contributed by atoms with van der Waals surface area (Å²) < 4.78 is 58.3. The molecule has 0 saturated heterocycles. The van der Waals surface area contributed by atoms with Crippen LogP contribution in [-0.4, -0.2) is 36.5 Å². The molecule has 0 spiro atoms. The van der Waals surface area contributed by atoms with Crippen molar-refractivity contribution in [3.05, 3.63) is 52.9 Å². The van der Waals surface area contributed by atoms with Crippen LogP contribution in [-0.2, 0) is 12.6 Å². The van der Waals surface area contributed by atoms with E-state index in [-0.39, 0.29) is 11.5 Å². The molecule has 0 aliphatic rings. The number of nitrogens with one attached hydrogen (secondary N) is 1. The summed E-state index contributed by atoms with van der Waals surface area (Å²) in [5.74, 6) is -0.463. The molecule has 4 aromatic rings. The van der Waals surface area contributed by atoms with Crippen molar-refractivity contribution in [1.82, 2.24) is 30.0 Å². The summed E-state index contributed by atoms with van der Waals surface area (Å²) in [5, 5.41) is 17.8. The standard InChI is InChI=1S/C19H17F4N7O/c1-10-11(2)17-26-27-18(19(21,22)23)30(17)28-15(10)24-9-3-4-14-25-16(29-31-14)12-5-7-13(20)8-6-12/h5-8H,3-4,9H2,1-2H3,(H,24,28). The second-order valence-electron chi connectivity index (χ2n) is 6.90. The summed E-state index contributed by atoms with van der Waals surface area (Å²) in [4.78, 5) is 4.27. The van der Waals surface area contributed by atoms with E-state index in [2.05, 4.69) is 30.8 Å². The Bertz CT molecular complexity index is 1210. The lowest BCUT2D eigenvalue weighted by Crippen LogP contribution is -2.15. The van der Waals surface area contributed by atoms with Crippen LogP contribution < -0.4 is 5.32 Å². The zero-order valence-electron chi connectivity index (χ0n) is 16.5. The highest BCUT2D eigenvalue weighted by Gasteiger charge is 2.38. The zero-order valence-corrected chi connectivity index (χ0v) is 16.5. The smallest absolute Gasteiger partial charge is 0.368 e. The first kappa shape index (κ1) is 20.7. The Hall–Kier alpha value is -3.57. The maximum atomic E-state index is 13.1. The van der Waals surface area contributed by atoms with Crippen LogP contribution in [0.1, 0.15) is 29.3 Å². The molecule has 12 heteroatoms. The number of hydrogen-bond donors (Lipinski definition) is 1. The minimum Gasteiger partial charge on any atom is -0.368 e. The van der Waals surface area contributed by atoms with Crippen molar-refractivity contribution < 1.29 is 22.1 Å². The van der Waals surface area contributed by atoms with E-state index in [1.165, 1.54) is 12.1 Å². The summed E-state index contributed by atoms with van der Waals surface area (Å²) in [6.07, 6.45) is -3.65. The van der Waals surface area contributed by atoms with E-state index in [1.807, 2.05) is 0 Å². The van der Waals surface area contributed by atoms with Crippen molar-refractivity contribution in [2.75, 3.05) is 11.9 Å². The average Bonchev–Trinajstić information content (AvgIpc) is 3.36. The molecule has 1 N–H and O–H groups in total. The van der Waals surface area contributed by atoms with Crippen LogP contribution in [0.15, 0.2) is 28.8 Å². The fourth-order valence-electron chi connectivity index (χ4n) is 2.99. The van der Waals surface area contributed by atoms with Crippen molar-refractivity contribution in [3.8, 4) is 11.4 Å². The summed E-state index contributed by atoms with van der Waals surface area (Å²) in [6, 6.07) is 5.73. The third-order valence-electron chi connectivity index (χ3n) is 4.78. The minimum absolute atomic E-state index is 0.0644. The summed E-state index contributed by atoms with van der Waals surface area (Å²) in [6.45, 7) is 3.83. The van der Waals surface area contributed by atoms with Crippen LogP contribution >= 0.6 is 0 Å². The SMILES string of the molecule is Cc1c(NCCCc2nc(-c3ccc(F)cc3)no2)nn2c(C(F)(F)F)nnc2c1C. The van der Waals surface area contributed by atoms with Gasteiger partial charge in [-0.2, -0.15) is 22.7 Å². The van der Waals surface area contributed by atoms with Gasteiger partial charge in [-0.25, -0.2) is 4.39 Å². The monoisotopic (exact) mass is 435 g/mol. The maximum absolute atomic E-state index is 13.1. The lowest BCUT2D eigenvalue weighted by molar-refractivity contribution is -0.146. The second kappa shape index (κ2) is 7.93. The molecule has 31 heavy (non-hydrogen) atoms. The Kier molecular flexibility index (Phi) is 5.29. The van der Waals surface area contributed by atoms with Gasteiger partial charge in [-0.05, 0) is 50.1 Å². The molecule has 162 valence electrons. The van der Waals surface area contributed by atoms with Gasteiger partial charge in [0.15, 0.2) is 5.65 Å². The van der Waals surface area contributed by atoms with Gasteiger partial charge < -0.3 is 9.84 Å². The van der Waals surface area contributed by atoms with Gasteiger partial charge >= 0.3 is 6.18 Å². The van der Waals surface area contributed by atoms with Gasteiger partial charge in [0.05, 0.1) is 0 Å². The number of aryl methyl sites for hydroxylation is 2. The van der Waals surface area contributed by atoms with Gasteiger partial charge in [0.1, 0.15) is 11.6 Å². The van der Waals surface area contributed by atoms with Gasteiger partial charge in [-0.1, -0.05) is 5.16 Å². The Morgan fingerprint density at radius 2 is 1.81 bits per heavy atom. The molecule has 3 aromatic heterocycles. The number of anilines is 1. The van der Waals surface area contributed by atoms with Crippen molar-refractivity contribution in [2.24, 2.45) is 0 Å². The largest absolute Gasteiger partial charge is 0.453 e. The molecule has 3 heterocycles. The highest BCUT2D eigenvalue weighted by Crippen LogP contribution is 2.29. The number of hydrogen-bond acceptors (Lipinski definition) is 7. The highest BCUT2D eigenvalue weighted by molar-refractivity contribution is 5.58. The van der Waals surface area contributed by atoms with Crippen LogP contribution in [0.25, 0.3) is 17.0 Å². The summed E-state index contributed by atoms with van der Waals surface area (Å²) in [7, 11) is 0. The van der Waals surface area contributed by atoms with Crippen molar-refractivity contribution in [2.45, 2.75) is 32.9 Å². The third-order valence-corrected chi connectivity index (χ3v) is 4.78. The van der Waals surface area contributed by atoms with Crippen LogP contribution in [0.4, 0.5) is 23.4 Å². The molecule has 0 amide bonds. The molecule has 0 atom stereocenters. The number of benzene rings is 1. The minimum atomic E-state index is -4.66. The Morgan fingerprint density at radius 1 is 1.06 bits per heavy atom. The van der Waals surface area contributed by atoms with Gasteiger partial charge in [-0.3, -0.25) is 0 Å². The van der Waals surface area contributed by atoms with Crippen molar-refractivity contribution >= 4 is 11.5 Å². The normalized spacial score (nSPS) is 11.9. The number of fused-ring (bicyclic) bond motifs is 1. The molecule has 8 nitrogen and oxygen atoms in total. The molecule has 0 radical (unpaired) electrons. The van der Waals surface area contributed by atoms with Gasteiger partial charge in [0.2, 0.25) is 11.7 Å². The molecule has 0 fully saturated rings. The topological polar surface area (TPSA) is 94.0 Å². The number of aromatic nitrogens is 6. The number of halogens is 4. The van der Waals surface area contributed by atoms with E-state index in [1.54, 1.807) is 26.0 Å². The highest BCUT2D eigenvalue weighted by atomic mass is 19.4. The summed E-state index contributed by atoms with van der Waals surface area (Å²) in [5.41, 5.74) is 1.94. The Morgan fingerprint density at radius 3 is 2.52 bits per heavy atom. The van der Waals surface area contributed by atoms with Crippen LogP contribution in [0, 0.1) is 19.7 Å². The first-order valence-electron chi connectivity index (χ1n) is 9.36. The predicted octanol–water partition coefficient (Wildman–Crippen LogP) is 3.99. The van der Waals surface area contributed by atoms with E-state index in [0.29, 0.717) is 58.1 Å². The predicted molar refractivity (Wildman–Crippen MR) is 102 cm³/mol. The molecule has 0 unspecified atom stereocenters. The maximum Gasteiger partial charge on any atom is 0.453 e. The van der Waals surface area contributed by atoms with Gasteiger partial charge in [-0.15, -0.1) is 15.3 Å². The number of nitrogens with zero attached hydrogens (tertiary/aromatic N) is 6. The fourth-order valence-corrected chi connectivity index (χ4v) is 2.99. The number of rotatable bonds is 6. The average molecular weight is 435 g/mol. The molecule has 0 bridgehead atoms. The Balaban J connectivity index is 1.42. The molecule has 0 saturated carbocycles. The molecule has 4 rings (SSSR count). The van der Waals surface area contributed by atoms with Gasteiger partial charge in [0.25, 0.3) is 5.82 Å². The lowest BCUT2D eigenvalue weighted by Gasteiger charge is -2.12. The Labute approximate surface area is 173 Å². The van der Waals surface area contributed by atoms with E-state index in [4.69, 9.17) is 4.52 Å². The number of alkyl halides is 3. The van der Waals surface area contributed by atoms with Crippen LogP contribution in [0.5, 0.6) is 0 Å². The first-order chi connectivity index (χ1) is 14.7. The van der Waals surface area contributed by atoms with Crippen LogP contribution in [0.2, 0.25) is 0 Å². The van der Waals surface area contributed by atoms with E-state index < -0.39 is 12.0 Å². The van der Waals surface area contributed by atoms with Crippen LogP contribution in [0.3, 0.4) is 0 Å². The quantitative estimate of drug-likeness (QED) is 0.361. The molecule has 0 aliphatic carbocycles. The summed E-state index contributed by atoms with van der Waals surface area (Å²) >= 11 is 0. The van der Waals surface area contributed by atoms with E-state index in [0.717, 1.165) is 0 Å².